The SMILES string of the molecule is O=COc1csc(-n2nc(-c3ccccc3)c3ccccc32)n1. The van der Waals surface area contributed by atoms with Gasteiger partial charge in [0.1, 0.15) is 5.69 Å². The van der Waals surface area contributed by atoms with Gasteiger partial charge < -0.3 is 4.74 Å². The molecule has 0 aliphatic rings. The molecule has 0 fully saturated rings. The van der Waals surface area contributed by atoms with Crippen LogP contribution in [0.15, 0.2) is 60.0 Å². The molecule has 0 spiro atoms. The van der Waals surface area contributed by atoms with Crippen LogP contribution in [0.5, 0.6) is 5.88 Å². The zero-order chi connectivity index (χ0) is 15.6. The minimum absolute atomic E-state index is 0.279. The summed E-state index contributed by atoms with van der Waals surface area (Å²) in [5, 5.41) is 8.11. The summed E-state index contributed by atoms with van der Waals surface area (Å²) in [6.45, 7) is 0.370. The highest BCUT2D eigenvalue weighted by molar-refractivity contribution is 7.12. The Bertz CT molecular complexity index is 976. The van der Waals surface area contributed by atoms with E-state index in [0.717, 1.165) is 22.2 Å². The van der Waals surface area contributed by atoms with Crippen LogP contribution in [0.1, 0.15) is 0 Å². The number of carbonyl (C=O) groups is 1. The van der Waals surface area contributed by atoms with Gasteiger partial charge in [0.05, 0.1) is 10.9 Å². The molecule has 0 unspecified atom stereocenters. The van der Waals surface area contributed by atoms with Gasteiger partial charge in [-0.2, -0.15) is 10.1 Å². The molecule has 0 saturated carbocycles. The van der Waals surface area contributed by atoms with Gasteiger partial charge in [0.2, 0.25) is 11.0 Å². The van der Waals surface area contributed by atoms with Gasteiger partial charge in [-0.05, 0) is 6.07 Å². The van der Waals surface area contributed by atoms with Crippen molar-refractivity contribution in [1.82, 2.24) is 14.8 Å². The average Bonchev–Trinajstić information content (AvgIpc) is 3.20. The molecule has 0 atom stereocenters. The summed E-state index contributed by atoms with van der Waals surface area (Å²) in [6, 6.07) is 18.0. The highest BCUT2D eigenvalue weighted by Gasteiger charge is 2.15. The third kappa shape index (κ3) is 2.39. The molecule has 4 aromatic rings. The number of benzene rings is 2. The molecule has 112 valence electrons. The summed E-state index contributed by atoms with van der Waals surface area (Å²) in [4.78, 5) is 14.7. The number of fused-ring (bicyclic) bond motifs is 1. The lowest BCUT2D eigenvalue weighted by atomic mass is 10.1. The molecule has 4 rings (SSSR count). The fourth-order valence-electron chi connectivity index (χ4n) is 2.47. The number of hydrogen-bond acceptors (Lipinski definition) is 5. The summed E-state index contributed by atoms with van der Waals surface area (Å²) in [6.07, 6.45) is 0. The van der Waals surface area contributed by atoms with E-state index in [-0.39, 0.29) is 5.88 Å². The normalized spacial score (nSPS) is 10.8. The Morgan fingerprint density at radius 2 is 1.83 bits per heavy atom. The van der Waals surface area contributed by atoms with E-state index in [1.54, 1.807) is 10.1 Å². The van der Waals surface area contributed by atoms with Crippen molar-refractivity contribution in [2.24, 2.45) is 0 Å². The predicted molar refractivity (Wildman–Crippen MR) is 88.9 cm³/mol. The standard InChI is InChI=1S/C17H11N3O2S/c21-11-22-15-10-23-17(18-15)20-14-9-5-4-8-13(14)16(19-20)12-6-2-1-3-7-12/h1-11H. The first-order valence-corrected chi connectivity index (χ1v) is 7.84. The molecule has 5 nitrogen and oxygen atoms in total. The van der Waals surface area contributed by atoms with E-state index in [2.05, 4.69) is 4.98 Å². The van der Waals surface area contributed by atoms with Crippen LogP contribution in [0.3, 0.4) is 0 Å². The van der Waals surface area contributed by atoms with Crippen LogP contribution >= 0.6 is 11.3 Å². The molecule has 0 amide bonds. The molecule has 0 saturated heterocycles. The lowest BCUT2D eigenvalue weighted by Crippen LogP contribution is -1.96. The van der Waals surface area contributed by atoms with E-state index in [1.807, 2.05) is 54.6 Å². The first-order chi connectivity index (χ1) is 11.4. The van der Waals surface area contributed by atoms with Crippen molar-refractivity contribution in [3.05, 3.63) is 60.0 Å². The van der Waals surface area contributed by atoms with Gasteiger partial charge in [0.15, 0.2) is 0 Å². The molecule has 2 aromatic carbocycles. The van der Waals surface area contributed by atoms with E-state index in [9.17, 15) is 4.79 Å². The fourth-order valence-corrected chi connectivity index (χ4v) is 3.17. The van der Waals surface area contributed by atoms with Crippen molar-refractivity contribution in [2.75, 3.05) is 0 Å². The van der Waals surface area contributed by atoms with Gasteiger partial charge in [-0.25, -0.2) is 4.68 Å². The molecular formula is C17H11N3O2S. The van der Waals surface area contributed by atoms with Crippen molar-refractivity contribution in [3.63, 3.8) is 0 Å². The van der Waals surface area contributed by atoms with Gasteiger partial charge in [-0.15, -0.1) is 0 Å². The highest BCUT2D eigenvalue weighted by atomic mass is 32.1. The molecule has 0 bridgehead atoms. The van der Waals surface area contributed by atoms with Gasteiger partial charge >= 0.3 is 0 Å². The number of ether oxygens (including phenoxy) is 1. The number of nitrogens with zero attached hydrogens (tertiary/aromatic N) is 3. The third-order valence-electron chi connectivity index (χ3n) is 3.46. The minimum Gasteiger partial charge on any atom is -0.409 e. The lowest BCUT2D eigenvalue weighted by molar-refractivity contribution is -0.120. The smallest absolute Gasteiger partial charge is 0.299 e. The Balaban J connectivity index is 1.92. The molecule has 2 aromatic heterocycles. The maximum Gasteiger partial charge on any atom is 0.299 e. The zero-order valence-corrected chi connectivity index (χ0v) is 12.7. The average molecular weight is 321 g/mol. The van der Waals surface area contributed by atoms with E-state index in [1.165, 1.54) is 11.3 Å². The Morgan fingerprint density at radius 3 is 2.65 bits per heavy atom. The van der Waals surface area contributed by atoms with Crippen molar-refractivity contribution < 1.29 is 9.53 Å². The van der Waals surface area contributed by atoms with E-state index in [0.29, 0.717) is 11.6 Å². The monoisotopic (exact) mass is 321 g/mol. The summed E-state index contributed by atoms with van der Waals surface area (Å²) in [5.41, 5.74) is 2.90. The minimum atomic E-state index is 0.279. The van der Waals surface area contributed by atoms with Crippen LogP contribution in [0.25, 0.3) is 27.3 Å². The van der Waals surface area contributed by atoms with Crippen molar-refractivity contribution in [3.8, 4) is 22.3 Å². The van der Waals surface area contributed by atoms with Crippen LogP contribution in [0.4, 0.5) is 0 Å². The highest BCUT2D eigenvalue weighted by Crippen LogP contribution is 2.31. The first-order valence-electron chi connectivity index (χ1n) is 6.96. The second kappa shape index (κ2) is 5.66. The summed E-state index contributed by atoms with van der Waals surface area (Å²) >= 11 is 1.37. The fraction of sp³-hybridized carbons (Fsp3) is 0. The topological polar surface area (TPSA) is 57.0 Å². The lowest BCUT2D eigenvalue weighted by Gasteiger charge is -1.97. The summed E-state index contributed by atoms with van der Waals surface area (Å²) < 4.78 is 6.57. The summed E-state index contributed by atoms with van der Waals surface area (Å²) in [7, 11) is 0. The van der Waals surface area contributed by atoms with Gasteiger partial charge in [-0.3, -0.25) is 4.79 Å². The van der Waals surface area contributed by atoms with Crippen LogP contribution in [-0.4, -0.2) is 21.2 Å². The van der Waals surface area contributed by atoms with Crippen LogP contribution in [0, 0.1) is 0 Å². The molecule has 2 heterocycles. The van der Waals surface area contributed by atoms with Gasteiger partial charge in [-0.1, -0.05) is 59.9 Å². The van der Waals surface area contributed by atoms with E-state index >= 15 is 0 Å². The quantitative estimate of drug-likeness (QED) is 0.538. The Morgan fingerprint density at radius 1 is 1.04 bits per heavy atom. The van der Waals surface area contributed by atoms with Crippen molar-refractivity contribution in [1.29, 1.82) is 0 Å². The maximum atomic E-state index is 10.4. The number of para-hydroxylation sites is 1. The second-order valence-corrected chi connectivity index (χ2v) is 5.66. The van der Waals surface area contributed by atoms with E-state index < -0.39 is 0 Å². The molecule has 0 aliphatic heterocycles. The van der Waals surface area contributed by atoms with Gasteiger partial charge in [0, 0.05) is 10.9 Å². The largest absolute Gasteiger partial charge is 0.409 e. The van der Waals surface area contributed by atoms with Gasteiger partial charge in [0.25, 0.3) is 6.47 Å². The summed E-state index contributed by atoms with van der Waals surface area (Å²) in [5.74, 6) is 0.279. The second-order valence-electron chi connectivity index (χ2n) is 4.83. The molecule has 0 N–H and O–H groups in total. The number of hydrogen-bond donors (Lipinski definition) is 0. The van der Waals surface area contributed by atoms with Crippen molar-refractivity contribution >= 4 is 28.7 Å². The van der Waals surface area contributed by atoms with Crippen LogP contribution < -0.4 is 4.74 Å². The number of aromatic nitrogens is 3. The zero-order valence-electron chi connectivity index (χ0n) is 11.9. The number of carbonyl (C=O) groups excluding carboxylic acids is 1. The molecule has 23 heavy (non-hydrogen) atoms. The molecule has 0 radical (unpaired) electrons. The van der Waals surface area contributed by atoms with Crippen molar-refractivity contribution in [2.45, 2.75) is 0 Å². The predicted octanol–water partition coefficient (Wildman–Crippen LogP) is 3.68. The Labute approximate surface area is 135 Å². The first kappa shape index (κ1) is 13.7. The van der Waals surface area contributed by atoms with E-state index in [4.69, 9.17) is 9.84 Å². The molecule has 6 heteroatoms. The number of rotatable bonds is 4. The van der Waals surface area contributed by atoms with Crippen LogP contribution in [-0.2, 0) is 4.79 Å². The number of thiazole rings is 1. The van der Waals surface area contributed by atoms with Crippen LogP contribution in [0.2, 0.25) is 0 Å². The maximum absolute atomic E-state index is 10.4. The molecule has 0 aliphatic carbocycles. The Kier molecular flexibility index (Phi) is 3.36. The third-order valence-corrected chi connectivity index (χ3v) is 4.25. The Hall–Kier alpha value is -2.99. The molecular weight excluding hydrogens is 310 g/mol.